The summed E-state index contributed by atoms with van der Waals surface area (Å²) < 4.78 is 6.68. The molecule has 1 aliphatic heterocycles. The van der Waals surface area contributed by atoms with Crippen LogP contribution in [0, 0.1) is 0 Å². The molecule has 1 fully saturated rings. The lowest BCUT2D eigenvalue weighted by Gasteiger charge is -2.12. The van der Waals surface area contributed by atoms with Crippen molar-refractivity contribution < 1.29 is 9.53 Å². The zero-order chi connectivity index (χ0) is 11.4. The van der Waals surface area contributed by atoms with Crippen LogP contribution >= 0.6 is 0 Å². The number of imidazole rings is 1. The first-order valence-electron chi connectivity index (χ1n) is 5.59. The molecule has 2 heterocycles. The number of rotatable bonds is 4. The van der Waals surface area contributed by atoms with Gasteiger partial charge in [-0.15, -0.1) is 0 Å². The number of hydrogen-bond acceptors (Lipinski definition) is 4. The second kappa shape index (κ2) is 5.12. The van der Waals surface area contributed by atoms with Gasteiger partial charge in [-0.05, 0) is 13.0 Å². The summed E-state index contributed by atoms with van der Waals surface area (Å²) in [5.41, 5.74) is 1.22. The van der Waals surface area contributed by atoms with Crippen molar-refractivity contribution in [2.45, 2.75) is 25.3 Å². The Bertz CT molecular complexity index is 356. The van der Waals surface area contributed by atoms with Gasteiger partial charge in [0.2, 0.25) is 0 Å². The Hall–Kier alpha value is -1.36. The Balaban J connectivity index is 1.98. The van der Waals surface area contributed by atoms with Crippen LogP contribution in [-0.4, -0.2) is 35.7 Å². The maximum Gasteiger partial charge on any atom is 0.307 e. The molecule has 88 valence electrons. The molecule has 5 nitrogen and oxygen atoms in total. The number of carbonyl (C=O) groups is 1. The van der Waals surface area contributed by atoms with Crippen molar-refractivity contribution in [1.29, 1.82) is 0 Å². The summed E-state index contributed by atoms with van der Waals surface area (Å²) in [6.45, 7) is 2.72. The zero-order valence-corrected chi connectivity index (χ0v) is 9.48. The number of carbonyl (C=O) groups excluding carboxylic acids is 1. The highest BCUT2D eigenvalue weighted by Gasteiger charge is 2.20. The van der Waals surface area contributed by atoms with Crippen molar-refractivity contribution in [2.75, 3.05) is 20.2 Å². The van der Waals surface area contributed by atoms with Crippen LogP contribution in [0.15, 0.2) is 12.5 Å². The average Bonchev–Trinajstić information content (AvgIpc) is 2.95. The van der Waals surface area contributed by atoms with E-state index in [1.165, 1.54) is 12.8 Å². The molecule has 1 N–H and O–H groups in total. The number of ether oxygens (including phenoxy) is 1. The fraction of sp³-hybridized carbons (Fsp3) is 0.636. The van der Waals surface area contributed by atoms with E-state index in [2.05, 4.69) is 19.6 Å². The number of aryl methyl sites for hydroxylation is 1. The molecule has 0 amide bonds. The molecular weight excluding hydrogens is 206 g/mol. The maximum atomic E-state index is 11.1. The lowest BCUT2D eigenvalue weighted by molar-refractivity contribution is -0.140. The Kier molecular flexibility index (Phi) is 3.56. The molecule has 0 aliphatic carbocycles. The highest BCUT2D eigenvalue weighted by Crippen LogP contribution is 2.21. The van der Waals surface area contributed by atoms with Crippen LogP contribution in [0.3, 0.4) is 0 Å². The molecule has 5 heteroatoms. The van der Waals surface area contributed by atoms with Crippen molar-refractivity contribution in [2.24, 2.45) is 0 Å². The van der Waals surface area contributed by atoms with Gasteiger partial charge in [0.05, 0.1) is 19.9 Å². The summed E-state index contributed by atoms with van der Waals surface area (Å²) >= 11 is 0. The van der Waals surface area contributed by atoms with E-state index in [4.69, 9.17) is 0 Å². The van der Waals surface area contributed by atoms with Crippen LogP contribution in [0.25, 0.3) is 0 Å². The predicted molar refractivity (Wildman–Crippen MR) is 59.1 cm³/mol. The SMILES string of the molecule is COC(=O)CCn1cncc1C1CCNC1. The molecule has 1 aromatic heterocycles. The molecule has 1 aromatic rings. The van der Waals surface area contributed by atoms with E-state index in [0.717, 1.165) is 19.5 Å². The van der Waals surface area contributed by atoms with Crippen LogP contribution in [0.4, 0.5) is 0 Å². The molecule has 1 saturated heterocycles. The highest BCUT2D eigenvalue weighted by molar-refractivity contribution is 5.68. The average molecular weight is 223 g/mol. The summed E-state index contributed by atoms with van der Waals surface area (Å²) in [4.78, 5) is 15.2. The molecule has 16 heavy (non-hydrogen) atoms. The van der Waals surface area contributed by atoms with Gasteiger partial charge >= 0.3 is 5.97 Å². The first-order chi connectivity index (χ1) is 7.81. The molecule has 0 radical (unpaired) electrons. The van der Waals surface area contributed by atoms with Gasteiger partial charge in [-0.2, -0.15) is 0 Å². The molecule has 2 rings (SSSR count). The van der Waals surface area contributed by atoms with Crippen LogP contribution in [0.1, 0.15) is 24.5 Å². The predicted octanol–water partition coefficient (Wildman–Crippen LogP) is 0.523. The Morgan fingerprint density at radius 3 is 3.31 bits per heavy atom. The van der Waals surface area contributed by atoms with Crippen molar-refractivity contribution in [3.8, 4) is 0 Å². The van der Waals surface area contributed by atoms with Crippen LogP contribution in [-0.2, 0) is 16.1 Å². The van der Waals surface area contributed by atoms with Gasteiger partial charge < -0.3 is 14.6 Å². The van der Waals surface area contributed by atoms with Crippen molar-refractivity contribution in [3.05, 3.63) is 18.2 Å². The summed E-state index contributed by atoms with van der Waals surface area (Å²) in [6, 6.07) is 0. The number of nitrogens with zero attached hydrogens (tertiary/aromatic N) is 2. The van der Waals surface area contributed by atoms with Crippen molar-refractivity contribution >= 4 is 5.97 Å². The molecule has 1 unspecified atom stereocenters. The Labute approximate surface area is 94.8 Å². The summed E-state index contributed by atoms with van der Waals surface area (Å²) in [6.07, 6.45) is 5.23. The molecule has 1 aliphatic rings. The Morgan fingerprint density at radius 2 is 2.62 bits per heavy atom. The lowest BCUT2D eigenvalue weighted by atomic mass is 10.1. The van der Waals surface area contributed by atoms with Crippen molar-refractivity contribution in [1.82, 2.24) is 14.9 Å². The van der Waals surface area contributed by atoms with Crippen LogP contribution in [0.2, 0.25) is 0 Å². The highest BCUT2D eigenvalue weighted by atomic mass is 16.5. The smallest absolute Gasteiger partial charge is 0.307 e. The van der Waals surface area contributed by atoms with Gasteiger partial charge in [0.15, 0.2) is 0 Å². The lowest BCUT2D eigenvalue weighted by Crippen LogP contribution is -2.13. The second-order valence-corrected chi connectivity index (χ2v) is 4.03. The van der Waals surface area contributed by atoms with E-state index in [1.54, 1.807) is 6.33 Å². The maximum absolute atomic E-state index is 11.1. The molecule has 0 bridgehead atoms. The van der Waals surface area contributed by atoms with Gasteiger partial charge in [-0.3, -0.25) is 4.79 Å². The minimum absolute atomic E-state index is 0.177. The van der Waals surface area contributed by atoms with Crippen LogP contribution < -0.4 is 5.32 Å². The molecular formula is C11H17N3O2. The quantitative estimate of drug-likeness (QED) is 0.756. The van der Waals surface area contributed by atoms with Gasteiger partial charge in [-0.25, -0.2) is 4.98 Å². The zero-order valence-electron chi connectivity index (χ0n) is 9.48. The number of esters is 1. The standard InChI is InChI=1S/C11H17N3O2/c1-16-11(15)3-5-14-8-13-7-10(14)9-2-4-12-6-9/h7-9,12H,2-6H2,1H3. The van der Waals surface area contributed by atoms with Crippen LogP contribution in [0.5, 0.6) is 0 Å². The largest absolute Gasteiger partial charge is 0.469 e. The summed E-state index contributed by atoms with van der Waals surface area (Å²) in [7, 11) is 1.41. The summed E-state index contributed by atoms with van der Waals surface area (Å²) in [5.74, 6) is 0.351. The van der Waals surface area contributed by atoms with Gasteiger partial charge in [0, 0.05) is 30.9 Å². The number of nitrogens with one attached hydrogen (secondary N) is 1. The number of aromatic nitrogens is 2. The molecule has 0 aromatic carbocycles. The molecule has 0 saturated carbocycles. The van der Waals surface area contributed by atoms with Gasteiger partial charge in [0.1, 0.15) is 0 Å². The monoisotopic (exact) mass is 223 g/mol. The van der Waals surface area contributed by atoms with Gasteiger partial charge in [-0.1, -0.05) is 0 Å². The fourth-order valence-electron chi connectivity index (χ4n) is 2.08. The van der Waals surface area contributed by atoms with E-state index in [1.807, 2.05) is 6.20 Å². The van der Waals surface area contributed by atoms with E-state index < -0.39 is 0 Å². The minimum Gasteiger partial charge on any atom is -0.469 e. The van der Waals surface area contributed by atoms with E-state index in [0.29, 0.717) is 18.9 Å². The van der Waals surface area contributed by atoms with E-state index in [9.17, 15) is 4.79 Å². The van der Waals surface area contributed by atoms with E-state index in [-0.39, 0.29) is 5.97 Å². The minimum atomic E-state index is -0.177. The van der Waals surface area contributed by atoms with E-state index >= 15 is 0 Å². The first-order valence-corrected chi connectivity index (χ1v) is 5.59. The summed E-state index contributed by atoms with van der Waals surface area (Å²) in [5, 5.41) is 3.33. The first kappa shape index (κ1) is 11.1. The topological polar surface area (TPSA) is 56.2 Å². The number of methoxy groups -OCH3 is 1. The number of hydrogen-bond donors (Lipinski definition) is 1. The third kappa shape index (κ3) is 2.41. The van der Waals surface area contributed by atoms with Crippen molar-refractivity contribution in [3.63, 3.8) is 0 Å². The normalized spacial score (nSPS) is 19.9. The third-order valence-corrected chi connectivity index (χ3v) is 3.01. The third-order valence-electron chi connectivity index (χ3n) is 3.01. The van der Waals surface area contributed by atoms with Gasteiger partial charge in [0.25, 0.3) is 0 Å². The second-order valence-electron chi connectivity index (χ2n) is 4.03. The molecule has 0 spiro atoms. The fourth-order valence-corrected chi connectivity index (χ4v) is 2.08. The Morgan fingerprint density at radius 1 is 1.75 bits per heavy atom. The molecule has 1 atom stereocenters.